The molecule has 0 spiro atoms. The fourth-order valence-electron chi connectivity index (χ4n) is 1.96. The maximum absolute atomic E-state index is 12.3. The summed E-state index contributed by atoms with van der Waals surface area (Å²) in [6, 6.07) is 8.69. The van der Waals surface area contributed by atoms with Gasteiger partial charge in [0.25, 0.3) is 5.91 Å². The first-order chi connectivity index (χ1) is 11.0. The Morgan fingerprint density at radius 1 is 1.30 bits per heavy atom. The molecule has 0 aliphatic rings. The van der Waals surface area contributed by atoms with Gasteiger partial charge in [-0.2, -0.15) is 0 Å². The van der Waals surface area contributed by atoms with Crippen LogP contribution in [0.5, 0.6) is 5.75 Å². The van der Waals surface area contributed by atoms with Crippen molar-refractivity contribution in [1.29, 1.82) is 0 Å². The fourth-order valence-corrected chi connectivity index (χ4v) is 1.96. The standard InChI is InChI=1S/C18H21N3O2/c1-5-10-23-15-8-6-14(7-9-15)18(22)21-16-11-13(4)19-17(20-16)12(2)3/h5-9,11-12H,1,10H2,2-4H3,(H,19,20,21,22). The molecule has 0 saturated heterocycles. The minimum atomic E-state index is -0.215. The van der Waals surface area contributed by atoms with E-state index in [2.05, 4.69) is 21.9 Å². The van der Waals surface area contributed by atoms with Gasteiger partial charge in [-0.15, -0.1) is 0 Å². The molecule has 0 aliphatic heterocycles. The quantitative estimate of drug-likeness (QED) is 0.826. The molecule has 0 radical (unpaired) electrons. The number of anilines is 1. The number of hydrogen-bond donors (Lipinski definition) is 1. The van der Waals surface area contributed by atoms with Gasteiger partial charge in [-0.25, -0.2) is 9.97 Å². The molecule has 23 heavy (non-hydrogen) atoms. The van der Waals surface area contributed by atoms with Crippen molar-refractivity contribution in [2.24, 2.45) is 0 Å². The lowest BCUT2D eigenvalue weighted by Gasteiger charge is -2.10. The van der Waals surface area contributed by atoms with Gasteiger partial charge in [0.2, 0.25) is 0 Å². The highest BCUT2D eigenvalue weighted by atomic mass is 16.5. The molecule has 2 rings (SSSR count). The number of carbonyl (C=O) groups excluding carboxylic acids is 1. The zero-order valence-corrected chi connectivity index (χ0v) is 13.7. The Kier molecular flexibility index (Phi) is 5.46. The first-order valence-corrected chi connectivity index (χ1v) is 7.50. The van der Waals surface area contributed by atoms with Crippen LogP contribution in [0.2, 0.25) is 0 Å². The van der Waals surface area contributed by atoms with Crippen LogP contribution in [0, 0.1) is 6.92 Å². The molecule has 5 heteroatoms. The lowest BCUT2D eigenvalue weighted by atomic mass is 10.2. The third-order valence-electron chi connectivity index (χ3n) is 3.11. The molecule has 0 atom stereocenters. The van der Waals surface area contributed by atoms with E-state index in [4.69, 9.17) is 4.74 Å². The number of carbonyl (C=O) groups is 1. The first kappa shape index (κ1) is 16.7. The SMILES string of the molecule is C=CCOc1ccc(C(=O)Nc2cc(C)nc(C(C)C)n2)cc1. The fraction of sp³-hybridized carbons (Fsp3) is 0.278. The van der Waals surface area contributed by atoms with Gasteiger partial charge in [0.05, 0.1) is 0 Å². The number of nitrogens with one attached hydrogen (secondary N) is 1. The van der Waals surface area contributed by atoms with Crippen LogP contribution < -0.4 is 10.1 Å². The number of rotatable bonds is 6. The van der Waals surface area contributed by atoms with Gasteiger partial charge in [-0.1, -0.05) is 26.5 Å². The number of aryl methyl sites for hydroxylation is 1. The van der Waals surface area contributed by atoms with E-state index in [1.165, 1.54) is 0 Å². The van der Waals surface area contributed by atoms with E-state index in [0.717, 1.165) is 5.69 Å². The zero-order valence-electron chi connectivity index (χ0n) is 13.7. The zero-order chi connectivity index (χ0) is 16.8. The summed E-state index contributed by atoms with van der Waals surface area (Å²) >= 11 is 0. The van der Waals surface area contributed by atoms with Crippen LogP contribution in [0.25, 0.3) is 0 Å². The van der Waals surface area contributed by atoms with Crippen molar-refractivity contribution >= 4 is 11.7 Å². The Hall–Kier alpha value is -2.69. The lowest BCUT2D eigenvalue weighted by molar-refractivity contribution is 0.102. The smallest absolute Gasteiger partial charge is 0.256 e. The molecule has 1 aromatic heterocycles. The van der Waals surface area contributed by atoms with Crippen molar-refractivity contribution in [2.45, 2.75) is 26.7 Å². The second-order valence-electron chi connectivity index (χ2n) is 5.49. The summed E-state index contributed by atoms with van der Waals surface area (Å²) in [5, 5.41) is 2.81. The van der Waals surface area contributed by atoms with Crippen LogP contribution in [0.15, 0.2) is 43.0 Å². The maximum atomic E-state index is 12.3. The average molecular weight is 311 g/mol. The predicted octanol–water partition coefficient (Wildman–Crippen LogP) is 3.73. The van der Waals surface area contributed by atoms with E-state index in [9.17, 15) is 4.79 Å². The molecule has 1 heterocycles. The van der Waals surface area contributed by atoms with Crippen molar-refractivity contribution in [1.82, 2.24) is 9.97 Å². The Morgan fingerprint density at radius 3 is 2.61 bits per heavy atom. The minimum absolute atomic E-state index is 0.201. The minimum Gasteiger partial charge on any atom is -0.490 e. The Bertz CT molecular complexity index is 694. The third-order valence-corrected chi connectivity index (χ3v) is 3.11. The van der Waals surface area contributed by atoms with Crippen LogP contribution in [0.3, 0.4) is 0 Å². The summed E-state index contributed by atoms with van der Waals surface area (Å²) in [7, 11) is 0. The van der Waals surface area contributed by atoms with Gasteiger partial charge in [0.15, 0.2) is 0 Å². The molecule has 0 bridgehead atoms. The summed E-state index contributed by atoms with van der Waals surface area (Å²) in [6.07, 6.45) is 1.67. The van der Waals surface area contributed by atoms with Crippen molar-refractivity contribution in [3.8, 4) is 5.75 Å². The number of nitrogens with zero attached hydrogens (tertiary/aromatic N) is 2. The Morgan fingerprint density at radius 2 is 2.00 bits per heavy atom. The summed E-state index contributed by atoms with van der Waals surface area (Å²) in [4.78, 5) is 21.0. The van der Waals surface area contributed by atoms with Crippen LogP contribution in [0.1, 0.15) is 41.6 Å². The van der Waals surface area contributed by atoms with Gasteiger partial charge < -0.3 is 10.1 Å². The summed E-state index contributed by atoms with van der Waals surface area (Å²) < 4.78 is 5.40. The molecule has 5 nitrogen and oxygen atoms in total. The van der Waals surface area contributed by atoms with Gasteiger partial charge in [-0.05, 0) is 31.2 Å². The Balaban J connectivity index is 2.11. The van der Waals surface area contributed by atoms with Crippen molar-refractivity contribution in [2.75, 3.05) is 11.9 Å². The molecule has 2 aromatic rings. The summed E-state index contributed by atoms with van der Waals surface area (Å²) in [5.41, 5.74) is 1.37. The topological polar surface area (TPSA) is 64.1 Å². The number of aromatic nitrogens is 2. The molecule has 0 fully saturated rings. The van der Waals surface area contributed by atoms with E-state index in [-0.39, 0.29) is 11.8 Å². The van der Waals surface area contributed by atoms with Crippen molar-refractivity contribution in [3.63, 3.8) is 0 Å². The van der Waals surface area contributed by atoms with Crippen LogP contribution in [-0.4, -0.2) is 22.5 Å². The summed E-state index contributed by atoms with van der Waals surface area (Å²) in [6.45, 7) is 9.94. The van der Waals surface area contributed by atoms with E-state index in [0.29, 0.717) is 29.6 Å². The molecule has 0 saturated carbocycles. The van der Waals surface area contributed by atoms with Gasteiger partial charge >= 0.3 is 0 Å². The van der Waals surface area contributed by atoms with Gasteiger partial charge in [0.1, 0.15) is 24.0 Å². The number of amides is 1. The van der Waals surface area contributed by atoms with E-state index < -0.39 is 0 Å². The number of benzene rings is 1. The second kappa shape index (κ2) is 7.54. The largest absolute Gasteiger partial charge is 0.490 e. The predicted molar refractivity (Wildman–Crippen MR) is 90.9 cm³/mol. The monoisotopic (exact) mass is 311 g/mol. The maximum Gasteiger partial charge on any atom is 0.256 e. The van der Waals surface area contributed by atoms with Crippen LogP contribution in [-0.2, 0) is 0 Å². The summed E-state index contributed by atoms with van der Waals surface area (Å²) in [5.74, 6) is 1.91. The van der Waals surface area contributed by atoms with E-state index in [1.807, 2.05) is 20.8 Å². The van der Waals surface area contributed by atoms with Crippen molar-refractivity contribution < 1.29 is 9.53 Å². The Labute approximate surface area is 136 Å². The molecule has 0 aliphatic carbocycles. The molecule has 1 N–H and O–H groups in total. The normalized spacial score (nSPS) is 10.4. The highest BCUT2D eigenvalue weighted by Crippen LogP contribution is 2.16. The molecule has 0 unspecified atom stereocenters. The highest BCUT2D eigenvalue weighted by molar-refractivity contribution is 6.03. The molecule has 120 valence electrons. The lowest BCUT2D eigenvalue weighted by Crippen LogP contribution is -2.14. The molecular formula is C18H21N3O2. The van der Waals surface area contributed by atoms with Crippen LogP contribution in [0.4, 0.5) is 5.82 Å². The average Bonchev–Trinajstić information content (AvgIpc) is 2.52. The van der Waals surface area contributed by atoms with E-state index in [1.54, 1.807) is 36.4 Å². The first-order valence-electron chi connectivity index (χ1n) is 7.50. The molecule has 1 amide bonds. The number of hydrogen-bond acceptors (Lipinski definition) is 4. The number of ether oxygens (including phenoxy) is 1. The van der Waals surface area contributed by atoms with Gasteiger partial charge in [-0.3, -0.25) is 4.79 Å². The van der Waals surface area contributed by atoms with Gasteiger partial charge in [0, 0.05) is 23.2 Å². The van der Waals surface area contributed by atoms with Crippen molar-refractivity contribution in [3.05, 3.63) is 60.1 Å². The second-order valence-corrected chi connectivity index (χ2v) is 5.49. The van der Waals surface area contributed by atoms with Crippen LogP contribution >= 0.6 is 0 Å². The third kappa shape index (κ3) is 4.64. The van der Waals surface area contributed by atoms with E-state index >= 15 is 0 Å². The molecule has 1 aromatic carbocycles. The highest BCUT2D eigenvalue weighted by Gasteiger charge is 2.10. The molecular weight excluding hydrogens is 290 g/mol.